The lowest BCUT2D eigenvalue weighted by molar-refractivity contribution is 0.0950. The van der Waals surface area contributed by atoms with E-state index in [-0.39, 0.29) is 12.7 Å². The molecule has 1 aliphatic heterocycles. The molecular weight excluding hydrogens is 282 g/mol. The van der Waals surface area contributed by atoms with E-state index in [1.165, 1.54) is 18.5 Å². The van der Waals surface area contributed by atoms with Crippen LogP contribution in [0.1, 0.15) is 40.5 Å². The summed E-state index contributed by atoms with van der Waals surface area (Å²) in [6.07, 6.45) is 2.48. The molecular formula is C16H17N3O3. The molecule has 1 aromatic heterocycles. The predicted molar refractivity (Wildman–Crippen MR) is 78.9 cm³/mol. The SMILES string of the molecule is Cn1nc(CNC(=O)c2ccc3c(c2)OCO3)cc1C1CC1. The molecule has 6 nitrogen and oxygen atoms in total. The first kappa shape index (κ1) is 13.2. The average Bonchev–Trinajstić information content (AvgIpc) is 3.13. The van der Waals surface area contributed by atoms with Crippen molar-refractivity contribution in [3.8, 4) is 11.5 Å². The molecule has 114 valence electrons. The van der Waals surface area contributed by atoms with Crippen molar-refractivity contribution >= 4 is 5.91 Å². The Bertz CT molecular complexity index is 734. The largest absolute Gasteiger partial charge is 0.454 e. The fraction of sp³-hybridized carbons (Fsp3) is 0.375. The molecule has 1 aromatic carbocycles. The number of amides is 1. The maximum Gasteiger partial charge on any atom is 0.251 e. The van der Waals surface area contributed by atoms with Gasteiger partial charge in [0.05, 0.1) is 12.2 Å². The Morgan fingerprint density at radius 2 is 2.14 bits per heavy atom. The van der Waals surface area contributed by atoms with Gasteiger partial charge in [0.25, 0.3) is 5.91 Å². The first-order chi connectivity index (χ1) is 10.7. The third-order valence-electron chi connectivity index (χ3n) is 4.03. The summed E-state index contributed by atoms with van der Waals surface area (Å²) < 4.78 is 12.4. The van der Waals surface area contributed by atoms with Crippen LogP contribution in [0.3, 0.4) is 0 Å². The lowest BCUT2D eigenvalue weighted by atomic mass is 10.2. The van der Waals surface area contributed by atoms with Crippen molar-refractivity contribution in [3.63, 3.8) is 0 Å². The van der Waals surface area contributed by atoms with Crippen LogP contribution in [-0.4, -0.2) is 22.5 Å². The van der Waals surface area contributed by atoms with Gasteiger partial charge in [-0.25, -0.2) is 0 Å². The molecule has 0 radical (unpaired) electrons. The fourth-order valence-electron chi connectivity index (χ4n) is 2.70. The van der Waals surface area contributed by atoms with Crippen molar-refractivity contribution in [2.45, 2.75) is 25.3 Å². The van der Waals surface area contributed by atoms with Gasteiger partial charge in [0, 0.05) is 24.2 Å². The maximum atomic E-state index is 12.2. The summed E-state index contributed by atoms with van der Waals surface area (Å²) in [6, 6.07) is 7.27. The Kier molecular flexibility index (Phi) is 3.03. The third kappa shape index (κ3) is 2.41. The molecule has 1 amide bonds. The molecule has 1 saturated carbocycles. The van der Waals surface area contributed by atoms with Crippen molar-refractivity contribution in [2.24, 2.45) is 7.05 Å². The number of aryl methyl sites for hydroxylation is 1. The molecule has 1 aliphatic carbocycles. The highest BCUT2D eigenvalue weighted by Crippen LogP contribution is 2.39. The Hall–Kier alpha value is -2.50. The summed E-state index contributed by atoms with van der Waals surface area (Å²) in [7, 11) is 1.96. The number of aromatic nitrogens is 2. The highest BCUT2D eigenvalue weighted by atomic mass is 16.7. The summed E-state index contributed by atoms with van der Waals surface area (Å²) in [5.41, 5.74) is 2.70. The van der Waals surface area contributed by atoms with Gasteiger partial charge in [-0.1, -0.05) is 0 Å². The lowest BCUT2D eigenvalue weighted by Crippen LogP contribution is -2.23. The Balaban J connectivity index is 1.42. The van der Waals surface area contributed by atoms with E-state index in [1.807, 2.05) is 11.7 Å². The Morgan fingerprint density at radius 3 is 2.95 bits per heavy atom. The van der Waals surface area contributed by atoms with E-state index in [9.17, 15) is 4.79 Å². The highest BCUT2D eigenvalue weighted by Gasteiger charge is 2.27. The van der Waals surface area contributed by atoms with Crippen LogP contribution in [0.25, 0.3) is 0 Å². The second-order valence-corrected chi connectivity index (χ2v) is 5.71. The number of nitrogens with zero attached hydrogens (tertiary/aromatic N) is 2. The number of carbonyl (C=O) groups is 1. The lowest BCUT2D eigenvalue weighted by Gasteiger charge is -2.04. The molecule has 0 saturated heterocycles. The van der Waals surface area contributed by atoms with E-state index >= 15 is 0 Å². The third-order valence-corrected chi connectivity index (χ3v) is 4.03. The molecule has 2 heterocycles. The molecule has 6 heteroatoms. The summed E-state index contributed by atoms with van der Waals surface area (Å²) in [5, 5.41) is 7.35. The van der Waals surface area contributed by atoms with Gasteiger partial charge >= 0.3 is 0 Å². The molecule has 1 fully saturated rings. The quantitative estimate of drug-likeness (QED) is 0.937. The predicted octanol–water partition coefficient (Wildman–Crippen LogP) is 1.96. The van der Waals surface area contributed by atoms with Gasteiger partial charge in [-0.05, 0) is 37.1 Å². The van der Waals surface area contributed by atoms with Gasteiger partial charge in [-0.2, -0.15) is 5.10 Å². The van der Waals surface area contributed by atoms with Gasteiger partial charge in [0.1, 0.15) is 0 Å². The minimum Gasteiger partial charge on any atom is -0.454 e. The number of carbonyl (C=O) groups excluding carboxylic acids is 1. The molecule has 22 heavy (non-hydrogen) atoms. The Labute approximate surface area is 128 Å². The number of hydrogen-bond acceptors (Lipinski definition) is 4. The van der Waals surface area contributed by atoms with E-state index in [1.54, 1.807) is 18.2 Å². The van der Waals surface area contributed by atoms with Crippen molar-refractivity contribution in [1.29, 1.82) is 0 Å². The summed E-state index contributed by atoms with van der Waals surface area (Å²) in [6.45, 7) is 0.631. The fourth-order valence-corrected chi connectivity index (χ4v) is 2.70. The van der Waals surface area contributed by atoms with Crippen LogP contribution in [0.2, 0.25) is 0 Å². The molecule has 2 aliphatic rings. The number of benzene rings is 1. The number of nitrogens with one attached hydrogen (secondary N) is 1. The summed E-state index contributed by atoms with van der Waals surface area (Å²) in [4.78, 5) is 12.2. The average molecular weight is 299 g/mol. The van der Waals surface area contributed by atoms with E-state index in [4.69, 9.17) is 9.47 Å². The zero-order valence-electron chi connectivity index (χ0n) is 12.3. The topological polar surface area (TPSA) is 65.4 Å². The van der Waals surface area contributed by atoms with Gasteiger partial charge in [0.2, 0.25) is 6.79 Å². The number of rotatable bonds is 4. The normalized spacial score (nSPS) is 15.9. The summed E-state index contributed by atoms with van der Waals surface area (Å²) in [5.74, 6) is 1.80. The van der Waals surface area contributed by atoms with E-state index in [0.717, 1.165) is 5.69 Å². The molecule has 2 aromatic rings. The monoisotopic (exact) mass is 299 g/mol. The van der Waals surface area contributed by atoms with Gasteiger partial charge in [-0.3, -0.25) is 9.48 Å². The minimum absolute atomic E-state index is 0.142. The first-order valence-corrected chi connectivity index (χ1v) is 7.41. The standard InChI is InChI=1S/C16H17N3O3/c1-19-13(10-2-3-10)7-12(18-19)8-17-16(20)11-4-5-14-15(6-11)22-9-21-14/h4-7,10H,2-3,8-9H2,1H3,(H,17,20). The zero-order chi connectivity index (χ0) is 15.1. The number of fused-ring (bicyclic) bond motifs is 1. The van der Waals surface area contributed by atoms with Crippen LogP contribution in [0.4, 0.5) is 0 Å². The van der Waals surface area contributed by atoms with E-state index < -0.39 is 0 Å². The summed E-state index contributed by atoms with van der Waals surface area (Å²) >= 11 is 0. The van der Waals surface area contributed by atoms with Gasteiger partial charge < -0.3 is 14.8 Å². The van der Waals surface area contributed by atoms with Gasteiger partial charge in [0.15, 0.2) is 11.5 Å². The van der Waals surface area contributed by atoms with Crippen LogP contribution in [0, 0.1) is 0 Å². The van der Waals surface area contributed by atoms with Gasteiger partial charge in [-0.15, -0.1) is 0 Å². The van der Waals surface area contributed by atoms with Crippen LogP contribution in [-0.2, 0) is 13.6 Å². The first-order valence-electron chi connectivity index (χ1n) is 7.41. The van der Waals surface area contributed by atoms with Crippen LogP contribution < -0.4 is 14.8 Å². The number of hydrogen-bond donors (Lipinski definition) is 1. The second-order valence-electron chi connectivity index (χ2n) is 5.71. The van der Waals surface area contributed by atoms with Crippen LogP contribution in [0.5, 0.6) is 11.5 Å². The van der Waals surface area contributed by atoms with Crippen molar-refractivity contribution in [2.75, 3.05) is 6.79 Å². The molecule has 0 spiro atoms. The smallest absolute Gasteiger partial charge is 0.251 e. The molecule has 4 rings (SSSR count). The molecule has 0 unspecified atom stereocenters. The van der Waals surface area contributed by atoms with E-state index in [2.05, 4.69) is 16.5 Å². The second kappa shape index (κ2) is 5.05. The van der Waals surface area contributed by atoms with E-state index in [0.29, 0.717) is 29.5 Å². The highest BCUT2D eigenvalue weighted by molar-refractivity contribution is 5.94. The molecule has 0 atom stereocenters. The zero-order valence-corrected chi connectivity index (χ0v) is 12.3. The molecule has 1 N–H and O–H groups in total. The van der Waals surface area contributed by atoms with Crippen LogP contribution in [0.15, 0.2) is 24.3 Å². The van der Waals surface area contributed by atoms with Crippen LogP contribution >= 0.6 is 0 Å². The van der Waals surface area contributed by atoms with Crippen molar-refractivity contribution in [1.82, 2.24) is 15.1 Å². The Morgan fingerprint density at radius 1 is 1.32 bits per heavy atom. The van der Waals surface area contributed by atoms with Crippen molar-refractivity contribution in [3.05, 3.63) is 41.2 Å². The van der Waals surface area contributed by atoms with Crippen molar-refractivity contribution < 1.29 is 14.3 Å². The maximum absolute atomic E-state index is 12.2. The number of ether oxygens (including phenoxy) is 2. The minimum atomic E-state index is -0.142. The molecule has 0 bridgehead atoms.